The summed E-state index contributed by atoms with van der Waals surface area (Å²) >= 11 is 1.82. The average molecular weight is 1070 g/mol. The van der Waals surface area contributed by atoms with E-state index in [1.807, 2.05) is 66.7 Å². The minimum atomic E-state index is -0.922. The van der Waals surface area contributed by atoms with Crippen LogP contribution >= 0.6 is 28.2 Å². The molecule has 0 radical (unpaired) electrons. The van der Waals surface area contributed by atoms with Crippen molar-refractivity contribution >= 4 is 60.3 Å². The molecule has 0 aromatic heterocycles. The van der Waals surface area contributed by atoms with Gasteiger partial charge in [0.25, 0.3) is 0 Å². The van der Waals surface area contributed by atoms with Crippen LogP contribution in [0, 0.1) is 241 Å². The van der Waals surface area contributed by atoms with Gasteiger partial charge in [0, 0.05) is 189 Å². The normalized spacial score (nSPS) is 11.3. The standard InChI is InChI=1S/C20H24NO.C20H16P2.C9H12.5Ar.ClH.Ru/c1-14(2)16(4)20(21,17-8-6-15(3)7-9-17)18-10-12-19(22-5)13-11-18;21-17-11-9-13-5-1-3-7-15(13)19(17)20-16-8-4-2-6-14(16)10-12-18(20)22;1-7-4-8(2)6-9(3)5-7;;;;;;;/h6-8,10-14,16,21H,4H2,1-3,5H3;1-12H,21-22H2;4-6H,1-3H3;;;;;;1H;/q-3;;;;;;;;;+4/p-1. The third kappa shape index (κ3) is 17.8. The van der Waals surface area contributed by atoms with Crippen molar-refractivity contribution in [3.63, 3.8) is 0 Å². The fourth-order valence-corrected chi connectivity index (χ4v) is 7.80. The number of hydrogen-bond acceptors (Lipinski definition) is 1. The Balaban J connectivity index is 0. The van der Waals surface area contributed by atoms with Crippen LogP contribution in [0.2, 0.25) is 0 Å². The van der Waals surface area contributed by atoms with E-state index < -0.39 is 5.54 Å². The molecule has 0 saturated carbocycles. The number of rotatable bonds is 6. The van der Waals surface area contributed by atoms with Crippen LogP contribution < -0.4 is 15.3 Å². The summed E-state index contributed by atoms with van der Waals surface area (Å²) in [4.78, 5) is 0. The first-order valence-electron chi connectivity index (χ1n) is 18.3. The first kappa shape index (κ1) is 65.0. The molecule has 0 spiro atoms. The van der Waals surface area contributed by atoms with Gasteiger partial charge in [0.2, 0.25) is 0 Å². The van der Waals surface area contributed by atoms with Crippen molar-refractivity contribution in [1.29, 1.82) is 0 Å². The first-order valence-corrected chi connectivity index (χ1v) is 21.7. The molecular weight excluding hydrogens is 1020 g/mol. The summed E-state index contributed by atoms with van der Waals surface area (Å²) < 4.78 is 5.23. The van der Waals surface area contributed by atoms with Crippen LogP contribution in [-0.2, 0) is 22.9 Å². The maximum absolute atomic E-state index is 9.20. The van der Waals surface area contributed by atoms with Crippen molar-refractivity contribution in [1.82, 2.24) is 0 Å². The van der Waals surface area contributed by atoms with E-state index in [0.717, 1.165) is 22.4 Å². The predicted octanol–water partition coefficient (Wildman–Crippen LogP) is 13.2. The van der Waals surface area contributed by atoms with E-state index in [1.165, 1.54) is 60.0 Å². The summed E-state index contributed by atoms with van der Waals surface area (Å²) in [6, 6.07) is 49.5. The molecule has 7 aromatic rings. The SMILES string of the molecule is Cc1cc(C)cc(C)c1.Pc1ccc2ccccc2c1-c1c(P)ccc2ccccc12.[Ar].[Ar].[Ar].[Ar].[Ar].[CH2-]C(C(C)C)C([NH-])(c1[c-]cc(C)cc1)c1ccc(OC)cc1.[Cl][Ru+3]. The van der Waals surface area contributed by atoms with E-state index in [4.69, 9.17) is 4.74 Å². The van der Waals surface area contributed by atoms with Gasteiger partial charge in [0.05, 0.1) is 7.11 Å². The minimum absolute atomic E-state index is 0. The van der Waals surface area contributed by atoms with E-state index >= 15 is 0 Å². The molecule has 7 aromatic carbocycles. The van der Waals surface area contributed by atoms with Crippen molar-refractivity contribution in [3.05, 3.63) is 186 Å². The second-order valence-electron chi connectivity index (χ2n) is 14.3. The van der Waals surface area contributed by atoms with Crippen molar-refractivity contribution in [2.24, 2.45) is 11.8 Å². The summed E-state index contributed by atoms with van der Waals surface area (Å²) in [5, 5.41) is 7.63. The average Bonchev–Trinajstić information content (AvgIpc) is 3.18. The second-order valence-corrected chi connectivity index (χ2v) is 15.6. The van der Waals surface area contributed by atoms with E-state index in [-0.39, 0.29) is 201 Å². The zero-order valence-electron chi connectivity index (χ0n) is 34.6. The predicted molar refractivity (Wildman–Crippen MR) is 244 cm³/mol. The molecular formula is C49H52Ar5ClNOP2Ru. The van der Waals surface area contributed by atoms with Crippen molar-refractivity contribution < 1.29 is 211 Å². The van der Waals surface area contributed by atoms with Crippen molar-refractivity contribution in [2.45, 2.75) is 47.1 Å². The monoisotopic (exact) mass is 1070 g/mol. The third-order valence-electron chi connectivity index (χ3n) is 9.84. The maximum atomic E-state index is 9.20. The number of ether oxygens (including phenoxy) is 1. The summed E-state index contributed by atoms with van der Waals surface area (Å²) in [6.45, 7) is 16.9. The summed E-state index contributed by atoms with van der Waals surface area (Å²) in [5.41, 5.74) is 17.9. The summed E-state index contributed by atoms with van der Waals surface area (Å²) in [6.07, 6.45) is 0. The van der Waals surface area contributed by atoms with Crippen LogP contribution in [0.1, 0.15) is 47.2 Å². The Bertz CT molecular complexity index is 2200. The van der Waals surface area contributed by atoms with Gasteiger partial charge in [-0.25, -0.2) is 0 Å². The van der Waals surface area contributed by atoms with Crippen LogP contribution in [0.15, 0.2) is 133 Å². The molecule has 0 bridgehead atoms. The second kappa shape index (κ2) is 32.6. The molecule has 11 heteroatoms. The van der Waals surface area contributed by atoms with Gasteiger partial charge in [-0.05, 0) is 76.2 Å². The molecule has 4 atom stereocenters. The van der Waals surface area contributed by atoms with E-state index in [2.05, 4.69) is 167 Å². The van der Waals surface area contributed by atoms with Crippen LogP contribution in [-0.4, -0.2) is 7.11 Å². The summed E-state index contributed by atoms with van der Waals surface area (Å²) in [5.74, 6) is 0.998. The molecule has 324 valence electrons. The van der Waals surface area contributed by atoms with Crippen molar-refractivity contribution in [3.8, 4) is 16.9 Å². The fourth-order valence-electron chi connectivity index (χ4n) is 7.01. The van der Waals surface area contributed by atoms with E-state index in [9.17, 15) is 5.73 Å². The Labute approximate surface area is 529 Å². The molecule has 0 aliphatic carbocycles. The van der Waals surface area contributed by atoms with Gasteiger partial charge in [-0.1, -0.05) is 152 Å². The zero-order valence-corrected chi connectivity index (χ0v) is 43.0. The number of benzene rings is 7. The van der Waals surface area contributed by atoms with Gasteiger partial charge < -0.3 is 17.4 Å². The van der Waals surface area contributed by atoms with Crippen LogP contribution in [0.3, 0.4) is 0 Å². The van der Waals surface area contributed by atoms with Gasteiger partial charge in [-0.15, -0.1) is 24.0 Å². The van der Waals surface area contributed by atoms with Gasteiger partial charge in [-0.3, -0.25) is 0 Å². The molecule has 0 amide bonds. The van der Waals surface area contributed by atoms with E-state index in [0.29, 0.717) is 0 Å². The zero-order chi connectivity index (χ0) is 40.3. The summed E-state index contributed by atoms with van der Waals surface area (Å²) in [7, 11) is 12.0. The third-order valence-corrected chi connectivity index (χ3v) is 10.8. The van der Waals surface area contributed by atoms with Crippen LogP contribution in [0.4, 0.5) is 0 Å². The van der Waals surface area contributed by atoms with E-state index in [1.54, 1.807) is 7.11 Å². The quantitative estimate of drug-likeness (QED) is 0.0928. The molecule has 2 nitrogen and oxygen atoms in total. The van der Waals surface area contributed by atoms with Crippen LogP contribution in [0.5, 0.6) is 5.75 Å². The Kier molecular flexibility index (Phi) is 35.3. The molecule has 7 rings (SSSR count). The van der Waals surface area contributed by atoms with Gasteiger partial charge in [-0.2, -0.15) is 41.3 Å². The topological polar surface area (TPSA) is 33.0 Å². The molecule has 60 heavy (non-hydrogen) atoms. The number of halogens is 1. The van der Waals surface area contributed by atoms with Gasteiger partial charge in [0.1, 0.15) is 5.75 Å². The number of fused-ring (bicyclic) bond motifs is 2. The number of hydrogen-bond donors (Lipinski definition) is 0. The Hall–Kier alpha value is 2.89. The molecule has 0 saturated heterocycles. The fraction of sp³-hybridized carbons (Fsp3) is 0.204. The number of aryl methyl sites for hydroxylation is 4. The van der Waals surface area contributed by atoms with Gasteiger partial charge >= 0.3 is 27.0 Å². The van der Waals surface area contributed by atoms with Gasteiger partial charge in [0.15, 0.2) is 0 Å². The molecule has 0 aliphatic rings. The molecule has 0 heterocycles. The Morgan fingerprint density at radius 3 is 1.40 bits per heavy atom. The molecule has 1 N–H and O–H groups in total. The molecule has 0 aliphatic heterocycles. The Morgan fingerprint density at radius 2 is 1.03 bits per heavy atom. The van der Waals surface area contributed by atoms with Crippen LogP contribution in [0.25, 0.3) is 38.4 Å². The molecule has 0 fully saturated rings. The number of nitrogens with one attached hydrogen (secondary N) is 1. The number of methoxy groups -OCH3 is 1. The Morgan fingerprint density at radius 1 is 0.617 bits per heavy atom. The molecule has 4 unspecified atom stereocenters. The van der Waals surface area contributed by atoms with Crippen molar-refractivity contribution in [2.75, 3.05) is 7.11 Å². The first-order chi connectivity index (χ1) is 26.3.